The molecule has 0 rings (SSSR count). The van der Waals surface area contributed by atoms with Crippen molar-refractivity contribution in [2.24, 2.45) is 5.73 Å². The van der Waals surface area contributed by atoms with Crippen LogP contribution in [0, 0.1) is 0 Å². The molecule has 0 saturated carbocycles. The monoisotopic (exact) mass is 139 g/mol. The Morgan fingerprint density at radius 2 is 2.11 bits per heavy atom. The van der Waals surface area contributed by atoms with Crippen molar-refractivity contribution < 1.29 is 18.3 Å². The van der Waals surface area contributed by atoms with Gasteiger partial charge < -0.3 is 10.5 Å². The third kappa shape index (κ3) is 3.69. The molecule has 9 heavy (non-hydrogen) atoms. The molecule has 0 aromatic heterocycles. The smallest absolute Gasteiger partial charge is 0.404 e. The number of rotatable bonds is 2. The molecular weight excluding hydrogens is 132 g/mol. The van der Waals surface area contributed by atoms with Gasteiger partial charge in [0.15, 0.2) is 6.10 Å². The van der Waals surface area contributed by atoms with Crippen molar-refractivity contribution in [2.75, 3.05) is 0 Å². The summed E-state index contributed by atoms with van der Waals surface area (Å²) in [5.74, 6) is 0. The first-order chi connectivity index (χ1) is 4.04. The molecule has 3 nitrogen and oxygen atoms in total. The summed E-state index contributed by atoms with van der Waals surface area (Å²) >= 11 is 0. The zero-order valence-corrected chi connectivity index (χ0v) is 4.80. The van der Waals surface area contributed by atoms with E-state index in [1.807, 2.05) is 0 Å². The van der Waals surface area contributed by atoms with Gasteiger partial charge in [-0.1, -0.05) is 0 Å². The van der Waals surface area contributed by atoms with Gasteiger partial charge in [0.05, 0.1) is 0 Å². The van der Waals surface area contributed by atoms with Crippen LogP contribution in [0.4, 0.5) is 13.6 Å². The fraction of sp³-hybridized carbons (Fsp3) is 0.750. The molecule has 54 valence electrons. The number of hydrogen-bond acceptors (Lipinski definition) is 2. The topological polar surface area (TPSA) is 52.3 Å². The molecule has 5 heteroatoms. The van der Waals surface area contributed by atoms with Crippen LogP contribution < -0.4 is 5.73 Å². The van der Waals surface area contributed by atoms with E-state index >= 15 is 0 Å². The Hall–Kier alpha value is -0.870. The van der Waals surface area contributed by atoms with Crippen LogP contribution in [-0.4, -0.2) is 18.6 Å². The number of carbonyl (C=O) groups excluding carboxylic acids is 1. The van der Waals surface area contributed by atoms with Crippen molar-refractivity contribution in [3.05, 3.63) is 0 Å². The van der Waals surface area contributed by atoms with Crippen LogP contribution >= 0.6 is 0 Å². The van der Waals surface area contributed by atoms with E-state index in [1.54, 1.807) is 0 Å². The highest BCUT2D eigenvalue weighted by Gasteiger charge is 2.16. The van der Waals surface area contributed by atoms with Gasteiger partial charge in [-0.3, -0.25) is 0 Å². The van der Waals surface area contributed by atoms with Gasteiger partial charge >= 0.3 is 6.09 Å². The normalized spacial score (nSPS) is 13.3. The minimum Gasteiger partial charge on any atom is -0.441 e. The Morgan fingerprint density at radius 1 is 1.67 bits per heavy atom. The van der Waals surface area contributed by atoms with Crippen LogP contribution in [0.1, 0.15) is 6.92 Å². The van der Waals surface area contributed by atoms with Crippen molar-refractivity contribution in [1.82, 2.24) is 0 Å². The van der Waals surface area contributed by atoms with Crippen LogP contribution in [0.5, 0.6) is 0 Å². The SMILES string of the molecule is C[C@@H](OC(N)=O)C(F)F. The lowest BCUT2D eigenvalue weighted by Crippen LogP contribution is -2.25. The summed E-state index contributed by atoms with van der Waals surface area (Å²) < 4.78 is 26.8. The molecule has 0 aromatic carbocycles. The molecule has 0 saturated heterocycles. The number of halogens is 2. The van der Waals surface area contributed by atoms with E-state index in [-0.39, 0.29) is 0 Å². The van der Waals surface area contributed by atoms with E-state index in [9.17, 15) is 13.6 Å². The van der Waals surface area contributed by atoms with Gasteiger partial charge in [0.25, 0.3) is 6.43 Å². The maximum Gasteiger partial charge on any atom is 0.404 e. The highest BCUT2D eigenvalue weighted by Crippen LogP contribution is 2.03. The predicted molar refractivity (Wildman–Crippen MR) is 26.1 cm³/mol. The Kier molecular flexibility index (Phi) is 2.90. The predicted octanol–water partition coefficient (Wildman–Crippen LogP) is 0.735. The van der Waals surface area contributed by atoms with Gasteiger partial charge in [-0.15, -0.1) is 0 Å². The molecule has 0 aliphatic rings. The molecule has 1 atom stereocenters. The van der Waals surface area contributed by atoms with E-state index < -0.39 is 18.6 Å². The maximum atomic E-state index is 11.5. The number of nitrogens with two attached hydrogens (primary N) is 1. The highest BCUT2D eigenvalue weighted by molar-refractivity contribution is 5.64. The van der Waals surface area contributed by atoms with Gasteiger partial charge in [-0.2, -0.15) is 0 Å². The summed E-state index contributed by atoms with van der Waals surface area (Å²) in [7, 11) is 0. The Labute approximate surface area is 50.8 Å². The average molecular weight is 139 g/mol. The summed E-state index contributed by atoms with van der Waals surface area (Å²) in [6, 6.07) is 0. The summed E-state index contributed by atoms with van der Waals surface area (Å²) in [6.45, 7) is 1.06. The fourth-order valence-electron chi connectivity index (χ4n) is 0.235. The second kappa shape index (κ2) is 3.21. The number of hydrogen-bond donors (Lipinski definition) is 1. The number of alkyl halides is 2. The summed E-state index contributed by atoms with van der Waals surface area (Å²) in [4.78, 5) is 9.78. The molecule has 0 bridgehead atoms. The van der Waals surface area contributed by atoms with Gasteiger partial charge in [-0.05, 0) is 6.92 Å². The largest absolute Gasteiger partial charge is 0.441 e. The molecular formula is C4H7F2NO2. The third-order valence-corrected chi connectivity index (χ3v) is 0.657. The average Bonchev–Trinajstić information content (AvgIpc) is 1.63. The summed E-state index contributed by atoms with van der Waals surface area (Å²) in [5.41, 5.74) is 4.44. The molecule has 0 fully saturated rings. The van der Waals surface area contributed by atoms with Crippen molar-refractivity contribution in [2.45, 2.75) is 19.5 Å². The number of carbonyl (C=O) groups is 1. The molecule has 1 amide bonds. The number of ether oxygens (including phenoxy) is 1. The molecule has 2 N–H and O–H groups in total. The van der Waals surface area contributed by atoms with Crippen LogP contribution in [0.3, 0.4) is 0 Å². The van der Waals surface area contributed by atoms with Gasteiger partial charge in [-0.25, -0.2) is 13.6 Å². The summed E-state index contributed by atoms with van der Waals surface area (Å²) in [5, 5.41) is 0. The zero-order valence-electron chi connectivity index (χ0n) is 4.80. The van der Waals surface area contributed by atoms with Gasteiger partial charge in [0.1, 0.15) is 0 Å². The van der Waals surface area contributed by atoms with Crippen molar-refractivity contribution in [1.29, 1.82) is 0 Å². The minimum absolute atomic E-state index is 1.06. The van der Waals surface area contributed by atoms with Gasteiger partial charge in [0, 0.05) is 0 Å². The number of primary amides is 1. The highest BCUT2D eigenvalue weighted by atomic mass is 19.3. The van der Waals surface area contributed by atoms with Crippen molar-refractivity contribution in [3.8, 4) is 0 Å². The Balaban J connectivity index is 3.50. The quantitative estimate of drug-likeness (QED) is 0.613. The molecule has 0 spiro atoms. The zero-order chi connectivity index (χ0) is 7.44. The van der Waals surface area contributed by atoms with Crippen LogP contribution in [-0.2, 0) is 4.74 Å². The molecule has 0 heterocycles. The first-order valence-electron chi connectivity index (χ1n) is 2.28. The van der Waals surface area contributed by atoms with Crippen LogP contribution in [0.15, 0.2) is 0 Å². The second-order valence-corrected chi connectivity index (χ2v) is 1.48. The standard InChI is InChI=1S/C4H7F2NO2/c1-2(3(5)6)9-4(7)8/h2-3H,1H3,(H2,7,8)/t2-/m1/s1. The van der Waals surface area contributed by atoms with E-state index in [4.69, 9.17) is 0 Å². The first-order valence-corrected chi connectivity index (χ1v) is 2.28. The Bertz CT molecular complexity index is 107. The van der Waals surface area contributed by atoms with E-state index in [0.717, 1.165) is 6.92 Å². The summed E-state index contributed by atoms with van der Waals surface area (Å²) in [6.07, 6.45) is -5.26. The van der Waals surface area contributed by atoms with Crippen LogP contribution in [0.25, 0.3) is 0 Å². The molecule has 0 aliphatic heterocycles. The van der Waals surface area contributed by atoms with Crippen LogP contribution in [0.2, 0.25) is 0 Å². The van der Waals surface area contributed by atoms with Crippen molar-refractivity contribution in [3.63, 3.8) is 0 Å². The lowest BCUT2D eigenvalue weighted by molar-refractivity contribution is -0.00393. The first kappa shape index (κ1) is 8.13. The molecule has 0 unspecified atom stereocenters. The molecule has 0 radical (unpaired) electrons. The fourth-order valence-corrected chi connectivity index (χ4v) is 0.235. The van der Waals surface area contributed by atoms with E-state index in [0.29, 0.717) is 0 Å². The third-order valence-electron chi connectivity index (χ3n) is 0.657. The van der Waals surface area contributed by atoms with Crippen molar-refractivity contribution >= 4 is 6.09 Å². The minimum atomic E-state index is -2.67. The number of amides is 1. The Morgan fingerprint density at radius 3 is 2.22 bits per heavy atom. The van der Waals surface area contributed by atoms with E-state index in [1.165, 1.54) is 0 Å². The lowest BCUT2D eigenvalue weighted by atomic mass is 10.4. The van der Waals surface area contributed by atoms with Gasteiger partial charge in [0.2, 0.25) is 0 Å². The lowest BCUT2D eigenvalue weighted by Gasteiger charge is -2.08. The maximum absolute atomic E-state index is 11.5. The van der Waals surface area contributed by atoms with E-state index in [2.05, 4.69) is 10.5 Å². The second-order valence-electron chi connectivity index (χ2n) is 1.48. The molecule has 0 aliphatic carbocycles. The molecule has 0 aromatic rings.